The molecule has 1 aliphatic carbocycles. The molecule has 4 nitrogen and oxygen atoms in total. The second-order valence-electron chi connectivity index (χ2n) is 6.42. The largest absolute Gasteiger partial charge is 0.491 e. The zero-order valence-electron chi connectivity index (χ0n) is 13.8. The third kappa shape index (κ3) is 4.55. The minimum absolute atomic E-state index is 0.0157. The summed E-state index contributed by atoms with van der Waals surface area (Å²) in [5, 5.41) is 10.2. The van der Waals surface area contributed by atoms with Crippen LogP contribution in [0.1, 0.15) is 50.4 Å². The van der Waals surface area contributed by atoms with Gasteiger partial charge in [0.2, 0.25) is 0 Å². The number of Topliss-reactive ketones (excluding diaryl/α,β-unsaturated/α-hetero) is 1. The Bertz CT molecular complexity index is 497. The Balaban J connectivity index is 1.85. The number of aliphatic hydroxyl groups excluding tert-OH is 1. The molecule has 2 rings (SSSR count). The number of rotatable bonds is 8. The normalized spacial score (nSPS) is 16.6. The number of hydrogen-bond acceptors (Lipinski definition) is 4. The van der Waals surface area contributed by atoms with E-state index in [0.29, 0.717) is 29.9 Å². The number of nitrogens with zero attached hydrogens (tertiary/aromatic N) is 1. The van der Waals surface area contributed by atoms with Gasteiger partial charge < -0.3 is 9.84 Å². The highest BCUT2D eigenvalue weighted by molar-refractivity contribution is 5.94. The lowest BCUT2D eigenvalue weighted by molar-refractivity contribution is 0.0177. The van der Waals surface area contributed by atoms with Crippen LogP contribution in [0.5, 0.6) is 5.75 Å². The molecule has 1 aromatic rings. The summed E-state index contributed by atoms with van der Waals surface area (Å²) in [4.78, 5) is 13.7. The smallest absolute Gasteiger partial charge is 0.159 e. The summed E-state index contributed by atoms with van der Waals surface area (Å²) in [6, 6.07) is 8.14. The van der Waals surface area contributed by atoms with Gasteiger partial charge in [-0.1, -0.05) is 18.6 Å². The molecule has 0 spiro atoms. The predicted octanol–water partition coefficient (Wildman–Crippen LogP) is 2.89. The van der Waals surface area contributed by atoms with Crippen molar-refractivity contribution in [2.45, 2.75) is 58.2 Å². The Kier molecular flexibility index (Phi) is 5.98. The Hall–Kier alpha value is -1.39. The molecule has 1 atom stereocenters. The number of ether oxygens (including phenoxy) is 1. The number of aliphatic hydroxyl groups is 1. The first-order valence-corrected chi connectivity index (χ1v) is 8.15. The minimum atomic E-state index is -0.524. The van der Waals surface area contributed by atoms with Crippen LogP contribution >= 0.6 is 0 Å². The number of ketones is 1. The summed E-state index contributed by atoms with van der Waals surface area (Å²) in [5.74, 6) is 0.647. The fourth-order valence-corrected chi connectivity index (χ4v) is 2.79. The quantitative estimate of drug-likeness (QED) is 0.750. The molecular weight excluding hydrogens is 278 g/mol. The van der Waals surface area contributed by atoms with Crippen LogP contribution in [0.4, 0.5) is 0 Å². The molecule has 0 bridgehead atoms. The van der Waals surface area contributed by atoms with Gasteiger partial charge in [-0.25, -0.2) is 0 Å². The summed E-state index contributed by atoms with van der Waals surface area (Å²) in [5.41, 5.74) is 0.630. The van der Waals surface area contributed by atoms with E-state index in [1.165, 1.54) is 26.2 Å². The fourth-order valence-electron chi connectivity index (χ4n) is 2.79. The lowest BCUT2D eigenvalue weighted by Gasteiger charge is -2.41. The molecule has 0 amide bonds. The summed E-state index contributed by atoms with van der Waals surface area (Å²) in [6.07, 6.45) is 3.22. The van der Waals surface area contributed by atoms with Crippen molar-refractivity contribution in [1.29, 1.82) is 0 Å². The van der Waals surface area contributed by atoms with Crippen molar-refractivity contribution < 1.29 is 14.6 Å². The van der Waals surface area contributed by atoms with Crippen LogP contribution in [0.3, 0.4) is 0 Å². The molecule has 122 valence electrons. The molecule has 1 aromatic carbocycles. The first-order chi connectivity index (χ1) is 10.5. The molecule has 0 aliphatic heterocycles. The van der Waals surface area contributed by atoms with Gasteiger partial charge in [-0.05, 0) is 45.7 Å². The average molecular weight is 305 g/mol. The molecule has 0 heterocycles. The first kappa shape index (κ1) is 17.0. The van der Waals surface area contributed by atoms with Crippen LogP contribution < -0.4 is 4.74 Å². The van der Waals surface area contributed by atoms with Crippen LogP contribution in [-0.2, 0) is 0 Å². The first-order valence-electron chi connectivity index (χ1n) is 8.15. The second-order valence-corrected chi connectivity index (χ2v) is 6.42. The van der Waals surface area contributed by atoms with Gasteiger partial charge in [-0.2, -0.15) is 0 Å². The Morgan fingerprint density at radius 2 is 2.14 bits per heavy atom. The van der Waals surface area contributed by atoms with Gasteiger partial charge in [0.25, 0.3) is 0 Å². The van der Waals surface area contributed by atoms with Crippen molar-refractivity contribution in [1.82, 2.24) is 4.90 Å². The van der Waals surface area contributed by atoms with Crippen LogP contribution in [0.25, 0.3) is 0 Å². The van der Waals surface area contributed by atoms with Gasteiger partial charge in [-0.3, -0.25) is 9.69 Å². The highest BCUT2D eigenvalue weighted by atomic mass is 16.5. The molecule has 4 heteroatoms. The van der Waals surface area contributed by atoms with E-state index in [4.69, 9.17) is 4.74 Å². The molecule has 1 fully saturated rings. The standard InChI is InChI=1S/C18H27NO3/c1-13(2)19(16-7-5-8-16)11-17(21)12-22-18-9-4-6-15(10-18)14(3)20/h4,6,9-10,13,16-17,21H,5,7-8,11-12H2,1-3H3. The van der Waals surface area contributed by atoms with Crippen LogP contribution in [0.15, 0.2) is 24.3 Å². The van der Waals surface area contributed by atoms with E-state index < -0.39 is 6.10 Å². The molecule has 1 saturated carbocycles. The van der Waals surface area contributed by atoms with E-state index in [0.717, 1.165) is 0 Å². The summed E-state index contributed by atoms with van der Waals surface area (Å²) in [7, 11) is 0. The third-order valence-corrected chi connectivity index (χ3v) is 4.31. The number of benzene rings is 1. The lowest BCUT2D eigenvalue weighted by atomic mass is 9.90. The molecule has 1 N–H and O–H groups in total. The summed E-state index contributed by atoms with van der Waals surface area (Å²) >= 11 is 0. The molecule has 0 aromatic heterocycles. The van der Waals surface area contributed by atoms with Crippen molar-refractivity contribution in [2.75, 3.05) is 13.2 Å². The van der Waals surface area contributed by atoms with E-state index in [1.807, 2.05) is 6.07 Å². The molecular formula is C18H27NO3. The monoisotopic (exact) mass is 305 g/mol. The third-order valence-electron chi connectivity index (χ3n) is 4.31. The molecule has 0 radical (unpaired) electrons. The maximum atomic E-state index is 11.4. The van der Waals surface area contributed by atoms with Gasteiger partial charge in [0.1, 0.15) is 18.5 Å². The van der Waals surface area contributed by atoms with E-state index in [1.54, 1.807) is 18.2 Å². The van der Waals surface area contributed by atoms with Crippen molar-refractivity contribution in [3.8, 4) is 5.75 Å². The van der Waals surface area contributed by atoms with Crippen molar-refractivity contribution >= 4 is 5.78 Å². The molecule has 22 heavy (non-hydrogen) atoms. The minimum Gasteiger partial charge on any atom is -0.491 e. The summed E-state index contributed by atoms with van der Waals surface area (Å²) in [6.45, 7) is 6.75. The molecule has 1 unspecified atom stereocenters. The van der Waals surface area contributed by atoms with E-state index >= 15 is 0 Å². The fraction of sp³-hybridized carbons (Fsp3) is 0.611. The van der Waals surface area contributed by atoms with Crippen molar-refractivity contribution in [2.24, 2.45) is 0 Å². The Morgan fingerprint density at radius 3 is 2.68 bits per heavy atom. The van der Waals surface area contributed by atoms with Crippen LogP contribution in [0, 0.1) is 0 Å². The zero-order valence-corrected chi connectivity index (χ0v) is 13.8. The van der Waals surface area contributed by atoms with Gasteiger partial charge in [-0.15, -0.1) is 0 Å². The van der Waals surface area contributed by atoms with Crippen molar-refractivity contribution in [3.63, 3.8) is 0 Å². The van der Waals surface area contributed by atoms with Gasteiger partial charge in [0, 0.05) is 24.2 Å². The number of carbonyl (C=O) groups excluding carboxylic acids is 1. The van der Waals surface area contributed by atoms with Crippen LogP contribution in [0.2, 0.25) is 0 Å². The van der Waals surface area contributed by atoms with Crippen LogP contribution in [-0.4, -0.2) is 47.1 Å². The topological polar surface area (TPSA) is 49.8 Å². The van der Waals surface area contributed by atoms with E-state index in [-0.39, 0.29) is 12.4 Å². The Morgan fingerprint density at radius 1 is 1.41 bits per heavy atom. The van der Waals surface area contributed by atoms with Crippen molar-refractivity contribution in [3.05, 3.63) is 29.8 Å². The SMILES string of the molecule is CC(=O)c1cccc(OCC(O)CN(C(C)C)C2CCC2)c1. The van der Waals surface area contributed by atoms with Gasteiger partial charge in [0.15, 0.2) is 5.78 Å². The highest BCUT2D eigenvalue weighted by Crippen LogP contribution is 2.26. The van der Waals surface area contributed by atoms with Gasteiger partial charge in [0.05, 0.1) is 0 Å². The molecule has 0 saturated heterocycles. The average Bonchev–Trinajstić information content (AvgIpc) is 2.42. The van der Waals surface area contributed by atoms with E-state index in [2.05, 4.69) is 18.7 Å². The summed E-state index contributed by atoms with van der Waals surface area (Å²) < 4.78 is 5.64. The number of hydrogen-bond donors (Lipinski definition) is 1. The predicted molar refractivity (Wildman–Crippen MR) is 87.4 cm³/mol. The highest BCUT2D eigenvalue weighted by Gasteiger charge is 2.28. The Labute approximate surface area is 133 Å². The van der Waals surface area contributed by atoms with Gasteiger partial charge >= 0.3 is 0 Å². The second kappa shape index (κ2) is 7.75. The lowest BCUT2D eigenvalue weighted by Crippen LogP contribution is -2.48. The molecule has 1 aliphatic rings. The van der Waals surface area contributed by atoms with E-state index in [9.17, 15) is 9.90 Å². The number of carbonyl (C=O) groups is 1. The maximum absolute atomic E-state index is 11.4. The maximum Gasteiger partial charge on any atom is 0.159 e. The zero-order chi connectivity index (χ0) is 16.1.